The Kier molecular flexibility index (Phi) is 5.38. The molecule has 3 heterocycles. The molecule has 1 aromatic heterocycles. The first-order valence-corrected chi connectivity index (χ1v) is 10.1. The number of nitrogens with zero attached hydrogens (tertiary/aromatic N) is 4. The SMILES string of the molecule is CCOC(=O)N1CCN(C(=O)c2cncc(N3c4ccccc4CC3C)c2)CC1. The van der Waals surface area contributed by atoms with Gasteiger partial charge in [0.25, 0.3) is 5.91 Å². The summed E-state index contributed by atoms with van der Waals surface area (Å²) >= 11 is 0. The molecule has 0 radical (unpaired) electrons. The lowest BCUT2D eigenvalue weighted by Gasteiger charge is -2.34. The van der Waals surface area contributed by atoms with Gasteiger partial charge in [0.15, 0.2) is 0 Å². The Bertz CT molecular complexity index is 908. The maximum Gasteiger partial charge on any atom is 0.409 e. The van der Waals surface area contributed by atoms with Gasteiger partial charge in [-0.2, -0.15) is 0 Å². The van der Waals surface area contributed by atoms with E-state index in [2.05, 4.69) is 35.0 Å². The predicted octanol–water partition coefficient (Wildman–Crippen LogP) is 3.08. The van der Waals surface area contributed by atoms with E-state index in [4.69, 9.17) is 4.74 Å². The summed E-state index contributed by atoms with van der Waals surface area (Å²) in [5.41, 5.74) is 3.99. The molecule has 0 N–H and O–H groups in total. The number of hydrogen-bond acceptors (Lipinski definition) is 5. The van der Waals surface area contributed by atoms with E-state index < -0.39 is 0 Å². The fourth-order valence-electron chi connectivity index (χ4n) is 4.12. The fourth-order valence-corrected chi connectivity index (χ4v) is 4.12. The number of carbonyl (C=O) groups excluding carboxylic acids is 2. The van der Waals surface area contributed by atoms with Gasteiger partial charge < -0.3 is 19.4 Å². The molecule has 7 heteroatoms. The summed E-state index contributed by atoms with van der Waals surface area (Å²) in [5, 5.41) is 0. The van der Waals surface area contributed by atoms with Gasteiger partial charge in [0, 0.05) is 44.1 Å². The lowest BCUT2D eigenvalue weighted by molar-refractivity contribution is 0.0570. The number of pyridine rings is 1. The normalized spacial score (nSPS) is 18.6. The van der Waals surface area contributed by atoms with Gasteiger partial charge in [0.1, 0.15) is 0 Å². The number of ether oxygens (including phenoxy) is 1. The maximum absolute atomic E-state index is 13.0. The lowest BCUT2D eigenvalue weighted by atomic mass is 10.1. The summed E-state index contributed by atoms with van der Waals surface area (Å²) in [6.45, 7) is 6.27. The van der Waals surface area contributed by atoms with Gasteiger partial charge in [-0.25, -0.2) is 4.79 Å². The van der Waals surface area contributed by atoms with Crippen LogP contribution in [0, 0.1) is 0 Å². The smallest absolute Gasteiger partial charge is 0.409 e. The van der Waals surface area contributed by atoms with E-state index >= 15 is 0 Å². The molecule has 0 saturated carbocycles. The van der Waals surface area contributed by atoms with Crippen LogP contribution in [0.25, 0.3) is 0 Å². The van der Waals surface area contributed by atoms with Gasteiger partial charge >= 0.3 is 6.09 Å². The summed E-state index contributed by atoms with van der Waals surface area (Å²) in [4.78, 5) is 34.9. The maximum atomic E-state index is 13.0. The number of hydrogen-bond donors (Lipinski definition) is 0. The summed E-state index contributed by atoms with van der Waals surface area (Å²) in [5.74, 6) is -0.0528. The largest absolute Gasteiger partial charge is 0.450 e. The van der Waals surface area contributed by atoms with E-state index in [1.165, 1.54) is 11.3 Å². The van der Waals surface area contributed by atoms with E-state index in [-0.39, 0.29) is 12.0 Å². The summed E-state index contributed by atoms with van der Waals surface area (Å²) in [6, 6.07) is 10.6. The van der Waals surface area contributed by atoms with Crippen LogP contribution in [0.3, 0.4) is 0 Å². The molecule has 0 spiro atoms. The van der Waals surface area contributed by atoms with Crippen LogP contribution >= 0.6 is 0 Å². The van der Waals surface area contributed by atoms with Gasteiger partial charge in [0.05, 0.1) is 24.1 Å². The van der Waals surface area contributed by atoms with Gasteiger partial charge in [-0.3, -0.25) is 9.78 Å². The Hall–Kier alpha value is -3.09. The molecular weight excluding hydrogens is 368 g/mol. The van der Waals surface area contributed by atoms with Crippen LogP contribution in [-0.4, -0.2) is 65.6 Å². The molecule has 29 heavy (non-hydrogen) atoms. The zero-order valence-electron chi connectivity index (χ0n) is 16.9. The van der Waals surface area contributed by atoms with E-state index in [9.17, 15) is 9.59 Å². The molecule has 2 aliphatic heterocycles. The highest BCUT2D eigenvalue weighted by molar-refractivity contribution is 5.95. The first-order valence-electron chi connectivity index (χ1n) is 10.1. The third-order valence-corrected chi connectivity index (χ3v) is 5.55. The number of fused-ring (bicyclic) bond motifs is 1. The van der Waals surface area contributed by atoms with Crippen molar-refractivity contribution in [3.63, 3.8) is 0 Å². The number of aromatic nitrogens is 1. The number of para-hydroxylation sites is 1. The average Bonchev–Trinajstić information content (AvgIpc) is 3.09. The van der Waals surface area contributed by atoms with Crippen molar-refractivity contribution >= 4 is 23.4 Å². The first kappa shape index (κ1) is 19.2. The van der Waals surface area contributed by atoms with Crippen LogP contribution in [0.15, 0.2) is 42.7 Å². The standard InChI is InChI=1S/C22H26N4O3/c1-3-29-22(28)25-10-8-24(9-11-25)21(27)18-13-19(15-23-14-18)26-16(2)12-17-6-4-5-7-20(17)26/h4-7,13-16H,3,8-12H2,1-2H3. The minimum atomic E-state index is -0.315. The van der Waals surface area contributed by atoms with Crippen LogP contribution < -0.4 is 4.90 Å². The van der Waals surface area contributed by atoms with Crippen molar-refractivity contribution in [1.82, 2.24) is 14.8 Å². The number of anilines is 2. The molecule has 4 rings (SSSR count). The van der Waals surface area contributed by atoms with Crippen LogP contribution in [-0.2, 0) is 11.2 Å². The summed E-state index contributed by atoms with van der Waals surface area (Å²) in [7, 11) is 0. The van der Waals surface area contributed by atoms with Crippen molar-refractivity contribution in [3.8, 4) is 0 Å². The zero-order chi connectivity index (χ0) is 20.4. The monoisotopic (exact) mass is 394 g/mol. The molecule has 7 nitrogen and oxygen atoms in total. The minimum Gasteiger partial charge on any atom is -0.450 e. The van der Waals surface area contributed by atoms with Crippen LogP contribution in [0.1, 0.15) is 29.8 Å². The van der Waals surface area contributed by atoms with Gasteiger partial charge in [-0.15, -0.1) is 0 Å². The second-order valence-electron chi connectivity index (χ2n) is 7.46. The second-order valence-corrected chi connectivity index (χ2v) is 7.46. The van der Waals surface area contributed by atoms with E-state index in [1.54, 1.807) is 22.9 Å². The van der Waals surface area contributed by atoms with Crippen molar-refractivity contribution in [3.05, 3.63) is 53.9 Å². The number of rotatable bonds is 3. The molecular formula is C22H26N4O3. The van der Waals surface area contributed by atoms with Crippen molar-refractivity contribution in [2.75, 3.05) is 37.7 Å². The summed E-state index contributed by atoms with van der Waals surface area (Å²) in [6.07, 6.45) is 4.10. The Morgan fingerprint density at radius 1 is 1.10 bits per heavy atom. The molecule has 1 unspecified atom stereocenters. The molecule has 1 fully saturated rings. The molecule has 1 saturated heterocycles. The predicted molar refractivity (Wildman–Crippen MR) is 110 cm³/mol. The molecule has 1 atom stereocenters. The highest BCUT2D eigenvalue weighted by atomic mass is 16.6. The Morgan fingerprint density at radius 3 is 2.59 bits per heavy atom. The van der Waals surface area contributed by atoms with Crippen LogP contribution in [0.4, 0.5) is 16.2 Å². The third-order valence-electron chi connectivity index (χ3n) is 5.55. The number of piperazine rings is 1. The molecule has 2 aromatic rings. The number of benzene rings is 1. The van der Waals surface area contributed by atoms with Gasteiger partial charge in [0.2, 0.25) is 0 Å². The number of carbonyl (C=O) groups is 2. The zero-order valence-corrected chi connectivity index (χ0v) is 16.9. The molecule has 2 aliphatic rings. The Balaban J connectivity index is 1.48. The van der Waals surface area contributed by atoms with E-state index in [0.717, 1.165) is 12.1 Å². The van der Waals surface area contributed by atoms with Gasteiger partial charge in [-0.05, 0) is 38.0 Å². The highest BCUT2D eigenvalue weighted by Gasteiger charge is 2.29. The van der Waals surface area contributed by atoms with Crippen LogP contribution in [0.5, 0.6) is 0 Å². The second kappa shape index (κ2) is 8.11. The summed E-state index contributed by atoms with van der Waals surface area (Å²) < 4.78 is 5.04. The molecule has 152 valence electrons. The molecule has 2 amide bonds. The molecule has 1 aromatic carbocycles. The van der Waals surface area contributed by atoms with Gasteiger partial charge in [-0.1, -0.05) is 18.2 Å². The van der Waals surface area contributed by atoms with E-state index in [1.807, 2.05) is 18.3 Å². The molecule has 0 bridgehead atoms. The highest BCUT2D eigenvalue weighted by Crippen LogP contribution is 2.38. The average molecular weight is 394 g/mol. The Labute approximate surface area is 170 Å². The first-order chi connectivity index (χ1) is 14.1. The van der Waals surface area contributed by atoms with Crippen LogP contribution in [0.2, 0.25) is 0 Å². The topological polar surface area (TPSA) is 66.0 Å². The van der Waals surface area contributed by atoms with Crippen molar-refractivity contribution in [2.45, 2.75) is 26.3 Å². The van der Waals surface area contributed by atoms with Crippen molar-refractivity contribution in [2.24, 2.45) is 0 Å². The lowest BCUT2D eigenvalue weighted by Crippen LogP contribution is -2.50. The van der Waals surface area contributed by atoms with E-state index in [0.29, 0.717) is 44.4 Å². The fraction of sp³-hybridized carbons (Fsp3) is 0.409. The molecule has 0 aliphatic carbocycles. The number of amides is 2. The third kappa shape index (κ3) is 3.77. The van der Waals surface area contributed by atoms with Crippen molar-refractivity contribution < 1.29 is 14.3 Å². The minimum absolute atomic E-state index is 0.0528. The van der Waals surface area contributed by atoms with Crippen molar-refractivity contribution in [1.29, 1.82) is 0 Å². The Morgan fingerprint density at radius 2 is 1.83 bits per heavy atom. The quantitative estimate of drug-likeness (QED) is 0.800.